The number of amides is 3. The average molecular weight is 448 g/mol. The zero-order valence-corrected chi connectivity index (χ0v) is 18.4. The maximum absolute atomic E-state index is 12.5. The largest absolute Gasteiger partial charge is 0.349 e. The number of carbonyl (C=O) groups is 2. The molecular weight excluding hydrogens is 422 g/mol. The minimum atomic E-state index is -0.319. The zero-order valence-electron chi connectivity index (χ0n) is 17.7. The molecule has 3 amide bonds. The quantitative estimate of drug-likeness (QED) is 0.422. The van der Waals surface area contributed by atoms with E-state index in [0.717, 1.165) is 19.3 Å². The molecule has 0 unspecified atom stereocenters. The van der Waals surface area contributed by atoms with Gasteiger partial charge >= 0.3 is 6.03 Å². The first kappa shape index (κ1) is 21.9. The first-order valence-electron chi connectivity index (χ1n) is 10.9. The van der Waals surface area contributed by atoms with Gasteiger partial charge in [0.05, 0.1) is 10.6 Å². The molecule has 32 heavy (non-hydrogen) atoms. The molecule has 0 aromatic heterocycles. The number of nitrogens with one attached hydrogen (secondary N) is 3. The standard InChI is InChI=1S/C26H26ClN3O2/c27-24-14-13-21(17-23(24)25(31)29-20-11-12-20)30-26(32)28-16-15-22(18-7-3-1-4-8-18)19-9-5-2-6-10-19/h1-10,13-14,17,20,22H,11-12,15-16H2,(H,29,31)(H2,28,30,32). The minimum absolute atomic E-state index is 0.186. The van der Waals surface area contributed by atoms with E-state index in [-0.39, 0.29) is 23.9 Å². The van der Waals surface area contributed by atoms with Crippen LogP contribution >= 0.6 is 11.6 Å². The van der Waals surface area contributed by atoms with Gasteiger partial charge in [-0.05, 0) is 48.6 Å². The van der Waals surface area contributed by atoms with E-state index in [0.29, 0.717) is 22.8 Å². The van der Waals surface area contributed by atoms with E-state index in [1.165, 1.54) is 11.1 Å². The normalized spacial score (nSPS) is 12.9. The predicted molar refractivity (Wildman–Crippen MR) is 128 cm³/mol. The molecule has 3 aromatic rings. The number of carbonyl (C=O) groups excluding carboxylic acids is 2. The first-order chi connectivity index (χ1) is 15.6. The fourth-order valence-electron chi connectivity index (χ4n) is 3.67. The second-order valence-corrected chi connectivity index (χ2v) is 8.39. The Morgan fingerprint density at radius 3 is 2.12 bits per heavy atom. The zero-order chi connectivity index (χ0) is 22.3. The Kier molecular flexibility index (Phi) is 7.07. The SMILES string of the molecule is O=C(NCCC(c1ccccc1)c1ccccc1)Nc1ccc(Cl)c(C(=O)NC2CC2)c1. The summed E-state index contributed by atoms with van der Waals surface area (Å²) in [6, 6.07) is 25.4. The highest BCUT2D eigenvalue weighted by Crippen LogP contribution is 2.27. The third-order valence-corrected chi connectivity index (χ3v) is 5.83. The van der Waals surface area contributed by atoms with E-state index in [1.54, 1.807) is 18.2 Å². The van der Waals surface area contributed by atoms with Gasteiger partial charge in [0.1, 0.15) is 0 Å². The fraction of sp³-hybridized carbons (Fsp3) is 0.231. The maximum atomic E-state index is 12.5. The summed E-state index contributed by atoms with van der Waals surface area (Å²) in [6.07, 6.45) is 2.75. The number of benzene rings is 3. The molecule has 1 fully saturated rings. The highest BCUT2D eigenvalue weighted by molar-refractivity contribution is 6.34. The van der Waals surface area contributed by atoms with Crippen LogP contribution in [-0.4, -0.2) is 24.5 Å². The van der Waals surface area contributed by atoms with Crippen LogP contribution in [0.5, 0.6) is 0 Å². The molecule has 0 atom stereocenters. The van der Waals surface area contributed by atoms with Gasteiger partial charge in [-0.1, -0.05) is 72.3 Å². The Labute approximate surface area is 193 Å². The molecule has 0 bridgehead atoms. The van der Waals surface area contributed by atoms with Gasteiger partial charge in [0.25, 0.3) is 5.91 Å². The molecule has 0 saturated heterocycles. The summed E-state index contributed by atoms with van der Waals surface area (Å²) in [5.41, 5.74) is 3.31. The summed E-state index contributed by atoms with van der Waals surface area (Å²) >= 11 is 6.18. The summed E-state index contributed by atoms with van der Waals surface area (Å²) in [4.78, 5) is 24.8. The third-order valence-electron chi connectivity index (χ3n) is 5.50. The summed E-state index contributed by atoms with van der Waals surface area (Å²) in [7, 11) is 0. The summed E-state index contributed by atoms with van der Waals surface area (Å²) in [6.45, 7) is 0.503. The lowest BCUT2D eigenvalue weighted by Gasteiger charge is -2.18. The molecule has 5 nitrogen and oxygen atoms in total. The molecule has 6 heteroatoms. The third kappa shape index (κ3) is 5.89. The molecule has 164 valence electrons. The lowest BCUT2D eigenvalue weighted by Crippen LogP contribution is -2.30. The van der Waals surface area contributed by atoms with E-state index in [2.05, 4.69) is 40.2 Å². The molecule has 1 aliphatic carbocycles. The Morgan fingerprint density at radius 2 is 1.53 bits per heavy atom. The Morgan fingerprint density at radius 1 is 0.906 bits per heavy atom. The van der Waals surface area contributed by atoms with Crippen LogP contribution in [0.15, 0.2) is 78.9 Å². The first-order valence-corrected chi connectivity index (χ1v) is 11.2. The number of hydrogen-bond acceptors (Lipinski definition) is 2. The van der Waals surface area contributed by atoms with Crippen LogP contribution in [0, 0.1) is 0 Å². The van der Waals surface area contributed by atoms with E-state index < -0.39 is 0 Å². The average Bonchev–Trinajstić information content (AvgIpc) is 3.63. The van der Waals surface area contributed by atoms with E-state index in [4.69, 9.17) is 11.6 Å². The molecule has 1 aliphatic rings. The van der Waals surface area contributed by atoms with Crippen molar-refractivity contribution in [3.63, 3.8) is 0 Å². The maximum Gasteiger partial charge on any atom is 0.319 e. The van der Waals surface area contributed by atoms with Gasteiger partial charge in [-0.25, -0.2) is 4.79 Å². The van der Waals surface area contributed by atoms with Crippen molar-refractivity contribution in [1.82, 2.24) is 10.6 Å². The topological polar surface area (TPSA) is 70.2 Å². The van der Waals surface area contributed by atoms with Crippen molar-refractivity contribution < 1.29 is 9.59 Å². The summed E-state index contributed by atoms with van der Waals surface area (Å²) in [5.74, 6) is -0.0268. The van der Waals surface area contributed by atoms with Crippen LogP contribution in [0.25, 0.3) is 0 Å². The fourth-order valence-corrected chi connectivity index (χ4v) is 3.87. The highest BCUT2D eigenvalue weighted by Gasteiger charge is 2.25. The highest BCUT2D eigenvalue weighted by atomic mass is 35.5. The van der Waals surface area contributed by atoms with Crippen LogP contribution in [0.1, 0.15) is 46.7 Å². The number of urea groups is 1. The van der Waals surface area contributed by atoms with Gasteiger partial charge in [0.15, 0.2) is 0 Å². The molecule has 3 N–H and O–H groups in total. The number of rotatable bonds is 8. The second-order valence-electron chi connectivity index (χ2n) is 7.99. The lowest BCUT2D eigenvalue weighted by molar-refractivity contribution is 0.0951. The van der Waals surface area contributed by atoms with Crippen molar-refractivity contribution in [2.45, 2.75) is 31.2 Å². The van der Waals surface area contributed by atoms with E-state index >= 15 is 0 Å². The van der Waals surface area contributed by atoms with Crippen LogP contribution in [0.2, 0.25) is 5.02 Å². The van der Waals surface area contributed by atoms with Crippen molar-refractivity contribution in [3.8, 4) is 0 Å². The predicted octanol–water partition coefficient (Wildman–Crippen LogP) is 5.58. The second kappa shape index (κ2) is 10.3. The van der Waals surface area contributed by atoms with Crippen LogP contribution in [0.3, 0.4) is 0 Å². The Hall–Kier alpha value is -3.31. The number of halogens is 1. The van der Waals surface area contributed by atoms with Crippen molar-refractivity contribution >= 4 is 29.2 Å². The molecule has 3 aromatic carbocycles. The van der Waals surface area contributed by atoms with Gasteiger partial charge in [-0.2, -0.15) is 0 Å². The molecule has 4 rings (SSSR count). The van der Waals surface area contributed by atoms with Crippen LogP contribution in [0.4, 0.5) is 10.5 Å². The van der Waals surface area contributed by atoms with Gasteiger partial charge in [0, 0.05) is 24.2 Å². The molecule has 0 aliphatic heterocycles. The summed E-state index contributed by atoms with van der Waals surface area (Å²) in [5, 5.41) is 9.00. The van der Waals surface area contributed by atoms with Gasteiger partial charge in [-0.3, -0.25) is 4.79 Å². The summed E-state index contributed by atoms with van der Waals surface area (Å²) < 4.78 is 0. The molecule has 0 spiro atoms. The smallest absolute Gasteiger partial charge is 0.319 e. The van der Waals surface area contributed by atoms with E-state index in [9.17, 15) is 9.59 Å². The minimum Gasteiger partial charge on any atom is -0.349 e. The van der Waals surface area contributed by atoms with Gasteiger partial charge in [0.2, 0.25) is 0 Å². The Balaban J connectivity index is 1.35. The molecule has 0 heterocycles. The Bertz CT molecular complexity index is 1030. The van der Waals surface area contributed by atoms with Crippen molar-refractivity contribution in [2.24, 2.45) is 0 Å². The van der Waals surface area contributed by atoms with Crippen LogP contribution < -0.4 is 16.0 Å². The van der Waals surface area contributed by atoms with Crippen LogP contribution in [-0.2, 0) is 0 Å². The van der Waals surface area contributed by atoms with Crippen molar-refractivity contribution in [3.05, 3.63) is 101 Å². The molecular formula is C26H26ClN3O2. The van der Waals surface area contributed by atoms with Crippen molar-refractivity contribution in [2.75, 3.05) is 11.9 Å². The number of hydrogen-bond donors (Lipinski definition) is 3. The molecule has 1 saturated carbocycles. The number of anilines is 1. The monoisotopic (exact) mass is 447 g/mol. The van der Waals surface area contributed by atoms with Gasteiger partial charge < -0.3 is 16.0 Å². The molecule has 0 radical (unpaired) electrons. The van der Waals surface area contributed by atoms with Gasteiger partial charge in [-0.15, -0.1) is 0 Å². The lowest BCUT2D eigenvalue weighted by atomic mass is 9.88. The van der Waals surface area contributed by atoms with E-state index in [1.807, 2.05) is 36.4 Å². The van der Waals surface area contributed by atoms with Crippen molar-refractivity contribution in [1.29, 1.82) is 0 Å².